The van der Waals surface area contributed by atoms with Crippen molar-refractivity contribution in [3.8, 4) is 0 Å². The molecule has 4 N–H and O–H groups in total. The fourth-order valence-electron chi connectivity index (χ4n) is 0.177. The second-order valence-electron chi connectivity index (χ2n) is 1.36. The van der Waals surface area contributed by atoms with Gasteiger partial charge in [-0.15, -0.1) is 0 Å². The smallest absolute Gasteiger partial charge is 0.450 e. The van der Waals surface area contributed by atoms with Crippen molar-refractivity contribution in [1.82, 2.24) is 5.32 Å². The Morgan fingerprint density at radius 1 is 1.60 bits per heavy atom. The molecule has 0 heterocycles. The molecule has 0 fully saturated rings. The maximum atomic E-state index is 8.56. The predicted molar refractivity (Wildman–Crippen MR) is 37.7 cm³/mol. The summed E-state index contributed by atoms with van der Waals surface area (Å²) < 4.78 is 0. The molecular weight excluding hydrogens is 136 g/mol. The molecule has 5 nitrogen and oxygen atoms in total. The van der Waals surface area contributed by atoms with Crippen molar-refractivity contribution in [2.24, 2.45) is 0 Å². The number of rotatable bonds is 1. The number of amidine groups is 1. The van der Waals surface area contributed by atoms with Crippen molar-refractivity contribution in [1.29, 1.82) is 5.41 Å². The van der Waals surface area contributed by atoms with Crippen LogP contribution in [0.3, 0.4) is 0 Å². The zero-order valence-corrected chi connectivity index (χ0v) is 6.01. The highest BCUT2D eigenvalue weighted by Crippen LogP contribution is 1.69. The van der Waals surface area contributed by atoms with Gasteiger partial charge in [0.1, 0.15) is 0 Å². The number of nitrogens with one attached hydrogen (secondary N) is 2. The minimum atomic E-state index is -1.83. The molecule has 0 saturated heterocycles. The van der Waals surface area contributed by atoms with Crippen LogP contribution in [0.1, 0.15) is 13.3 Å². The standard InChI is InChI=1S/C4H10N2.CH2O3/c1-3-4(5)6-2;2-1(3)4/h3H2,1-2H3,(H2,5,6);(H2,2,3,4). The zero-order valence-electron chi connectivity index (χ0n) is 6.01. The van der Waals surface area contributed by atoms with E-state index >= 15 is 0 Å². The summed E-state index contributed by atoms with van der Waals surface area (Å²) in [7, 11) is 1.76. The highest BCUT2D eigenvalue weighted by molar-refractivity contribution is 5.78. The molecule has 0 bridgehead atoms. The van der Waals surface area contributed by atoms with E-state index in [1.165, 1.54) is 0 Å². The van der Waals surface area contributed by atoms with Crippen molar-refractivity contribution in [3.63, 3.8) is 0 Å². The topological polar surface area (TPSA) is 93.4 Å². The second kappa shape index (κ2) is 7.74. The van der Waals surface area contributed by atoms with Crippen molar-refractivity contribution in [2.75, 3.05) is 7.05 Å². The molecule has 0 radical (unpaired) electrons. The third-order valence-corrected chi connectivity index (χ3v) is 0.655. The quantitative estimate of drug-likeness (QED) is 0.327. The molecule has 0 aliphatic carbocycles. The third kappa shape index (κ3) is 29.6. The van der Waals surface area contributed by atoms with Crippen LogP contribution >= 0.6 is 0 Å². The summed E-state index contributed by atoms with van der Waals surface area (Å²) in [5.41, 5.74) is 0. The third-order valence-electron chi connectivity index (χ3n) is 0.655. The lowest BCUT2D eigenvalue weighted by molar-refractivity contribution is 0.137. The van der Waals surface area contributed by atoms with E-state index in [-0.39, 0.29) is 0 Å². The lowest BCUT2D eigenvalue weighted by atomic mass is 10.4. The Labute approximate surface area is 59.2 Å². The van der Waals surface area contributed by atoms with E-state index in [2.05, 4.69) is 5.32 Å². The summed E-state index contributed by atoms with van der Waals surface area (Å²) >= 11 is 0. The Balaban J connectivity index is 0. The van der Waals surface area contributed by atoms with Gasteiger partial charge in [0.2, 0.25) is 0 Å². The van der Waals surface area contributed by atoms with Gasteiger partial charge in [0, 0.05) is 13.5 Å². The van der Waals surface area contributed by atoms with Crippen molar-refractivity contribution >= 4 is 12.0 Å². The Hall–Kier alpha value is -1.26. The summed E-state index contributed by atoms with van der Waals surface area (Å²) in [6.45, 7) is 1.94. The molecule has 0 aromatic carbocycles. The first-order chi connectivity index (χ1) is 4.54. The van der Waals surface area contributed by atoms with E-state index in [9.17, 15) is 0 Å². The highest BCUT2D eigenvalue weighted by Gasteiger charge is 1.78. The molecule has 0 aliphatic rings. The molecule has 0 saturated carbocycles. The lowest BCUT2D eigenvalue weighted by Crippen LogP contribution is -2.14. The van der Waals surface area contributed by atoms with Gasteiger partial charge in [0.05, 0.1) is 5.84 Å². The van der Waals surface area contributed by atoms with Crippen LogP contribution in [0, 0.1) is 5.41 Å². The summed E-state index contributed by atoms with van der Waals surface area (Å²) in [5.74, 6) is 0.593. The van der Waals surface area contributed by atoms with Crippen LogP contribution in [-0.2, 0) is 0 Å². The minimum Gasteiger partial charge on any atom is -0.450 e. The Morgan fingerprint density at radius 3 is 1.90 bits per heavy atom. The van der Waals surface area contributed by atoms with Gasteiger partial charge in [-0.05, 0) is 0 Å². The van der Waals surface area contributed by atoms with Gasteiger partial charge in [-0.3, -0.25) is 5.41 Å². The number of carbonyl (C=O) groups is 1. The second-order valence-corrected chi connectivity index (χ2v) is 1.36. The molecule has 0 spiro atoms. The molecule has 0 rings (SSSR count). The maximum absolute atomic E-state index is 8.56. The summed E-state index contributed by atoms with van der Waals surface area (Å²) in [6, 6.07) is 0. The molecule has 0 aromatic heterocycles. The predicted octanol–water partition coefficient (Wildman–Crippen LogP) is 0.815. The largest absolute Gasteiger partial charge is 0.503 e. The van der Waals surface area contributed by atoms with Crippen LogP contribution in [0.25, 0.3) is 0 Å². The number of carboxylic acid groups (broad SMARTS) is 2. The molecule has 0 unspecified atom stereocenters. The van der Waals surface area contributed by atoms with Gasteiger partial charge in [-0.2, -0.15) is 0 Å². The normalized spacial score (nSPS) is 7.00. The van der Waals surface area contributed by atoms with Crippen LogP contribution in [0.2, 0.25) is 0 Å². The van der Waals surface area contributed by atoms with E-state index in [1.807, 2.05) is 6.92 Å². The molecule has 0 aliphatic heterocycles. The molecular formula is C5H12N2O3. The van der Waals surface area contributed by atoms with Crippen molar-refractivity contribution < 1.29 is 15.0 Å². The molecule has 0 aromatic rings. The summed E-state index contributed by atoms with van der Waals surface area (Å²) in [6.07, 6.45) is -1.03. The van der Waals surface area contributed by atoms with E-state index < -0.39 is 6.16 Å². The maximum Gasteiger partial charge on any atom is 0.503 e. The molecule has 60 valence electrons. The Morgan fingerprint density at radius 2 is 1.90 bits per heavy atom. The van der Waals surface area contributed by atoms with Gasteiger partial charge in [-0.1, -0.05) is 6.92 Å². The first kappa shape index (κ1) is 11.5. The summed E-state index contributed by atoms with van der Waals surface area (Å²) in [4.78, 5) is 8.56. The highest BCUT2D eigenvalue weighted by atomic mass is 16.6. The van der Waals surface area contributed by atoms with E-state index in [1.54, 1.807) is 7.05 Å². The van der Waals surface area contributed by atoms with E-state index in [4.69, 9.17) is 20.4 Å². The number of hydrogen-bond donors (Lipinski definition) is 4. The van der Waals surface area contributed by atoms with Gasteiger partial charge >= 0.3 is 6.16 Å². The van der Waals surface area contributed by atoms with Crippen LogP contribution in [0.4, 0.5) is 4.79 Å². The van der Waals surface area contributed by atoms with Crippen LogP contribution in [0.15, 0.2) is 0 Å². The first-order valence-electron chi connectivity index (χ1n) is 2.71. The molecule has 0 amide bonds. The SMILES string of the molecule is CCC(=N)NC.O=C(O)O. The average molecular weight is 148 g/mol. The fourth-order valence-corrected chi connectivity index (χ4v) is 0.177. The van der Waals surface area contributed by atoms with Crippen LogP contribution in [-0.4, -0.2) is 29.3 Å². The van der Waals surface area contributed by atoms with Gasteiger partial charge in [-0.25, -0.2) is 4.79 Å². The van der Waals surface area contributed by atoms with Crippen LogP contribution in [0.5, 0.6) is 0 Å². The first-order valence-corrected chi connectivity index (χ1v) is 2.71. The fraction of sp³-hybridized carbons (Fsp3) is 0.600. The Kier molecular flexibility index (Phi) is 8.92. The number of hydrogen-bond acceptors (Lipinski definition) is 2. The van der Waals surface area contributed by atoms with Crippen molar-refractivity contribution in [2.45, 2.75) is 13.3 Å². The van der Waals surface area contributed by atoms with E-state index in [0.29, 0.717) is 5.84 Å². The minimum absolute atomic E-state index is 0.593. The van der Waals surface area contributed by atoms with Gasteiger partial charge in [0.25, 0.3) is 0 Å². The van der Waals surface area contributed by atoms with Gasteiger partial charge < -0.3 is 15.5 Å². The van der Waals surface area contributed by atoms with Crippen molar-refractivity contribution in [3.05, 3.63) is 0 Å². The van der Waals surface area contributed by atoms with Gasteiger partial charge in [0.15, 0.2) is 0 Å². The molecule has 0 atom stereocenters. The Bertz CT molecular complexity index is 103. The van der Waals surface area contributed by atoms with Crippen LogP contribution < -0.4 is 5.32 Å². The van der Waals surface area contributed by atoms with E-state index in [0.717, 1.165) is 6.42 Å². The average Bonchev–Trinajstić information content (AvgIpc) is 1.85. The molecule has 5 heteroatoms. The molecule has 10 heavy (non-hydrogen) atoms. The summed E-state index contributed by atoms with van der Waals surface area (Å²) in [5, 5.41) is 23.5. The lowest BCUT2D eigenvalue weighted by Gasteiger charge is -1.92. The zero-order chi connectivity index (χ0) is 8.57. The monoisotopic (exact) mass is 148 g/mol.